The molecule has 17 heavy (non-hydrogen) atoms. The Morgan fingerprint density at radius 1 is 1.18 bits per heavy atom. The Labute approximate surface area is 103 Å². The molecule has 0 aromatic rings. The number of carbonyl (C=O) groups is 1. The topological polar surface area (TPSA) is 17.1 Å². The quantitative estimate of drug-likeness (QED) is 0.661. The van der Waals surface area contributed by atoms with E-state index < -0.39 is 0 Å². The maximum absolute atomic E-state index is 12.7. The van der Waals surface area contributed by atoms with Gasteiger partial charge >= 0.3 is 0 Å². The summed E-state index contributed by atoms with van der Waals surface area (Å²) in [4.78, 5) is 12.7. The SMILES string of the molecule is C=C[C@@H]1C[C@H](C=C)[C@H]2C(=O)C3(CC=CC3)C[C@H]21. The molecule has 1 nitrogen and oxygen atoms in total. The average molecular weight is 228 g/mol. The van der Waals surface area contributed by atoms with Crippen molar-refractivity contribution >= 4 is 5.78 Å². The van der Waals surface area contributed by atoms with Crippen molar-refractivity contribution in [2.45, 2.75) is 25.7 Å². The van der Waals surface area contributed by atoms with Gasteiger partial charge in [-0.15, -0.1) is 13.2 Å². The molecule has 3 aliphatic carbocycles. The molecular weight excluding hydrogens is 208 g/mol. The van der Waals surface area contributed by atoms with Gasteiger partial charge in [0.25, 0.3) is 0 Å². The van der Waals surface area contributed by atoms with E-state index in [1.165, 1.54) is 0 Å². The third-order valence-electron chi connectivity index (χ3n) is 5.26. The maximum atomic E-state index is 12.7. The van der Waals surface area contributed by atoms with Crippen LogP contribution in [0.4, 0.5) is 0 Å². The Morgan fingerprint density at radius 3 is 2.41 bits per heavy atom. The summed E-state index contributed by atoms with van der Waals surface area (Å²) in [6.45, 7) is 7.87. The Kier molecular flexibility index (Phi) is 2.39. The zero-order valence-corrected chi connectivity index (χ0v) is 10.3. The first-order valence-electron chi connectivity index (χ1n) is 6.66. The van der Waals surface area contributed by atoms with Gasteiger partial charge in [-0.2, -0.15) is 0 Å². The van der Waals surface area contributed by atoms with Crippen LogP contribution in [0.1, 0.15) is 25.7 Å². The van der Waals surface area contributed by atoms with E-state index in [0.29, 0.717) is 23.5 Å². The van der Waals surface area contributed by atoms with Crippen LogP contribution in [-0.4, -0.2) is 5.78 Å². The third kappa shape index (κ3) is 1.34. The van der Waals surface area contributed by atoms with Gasteiger partial charge in [0.2, 0.25) is 0 Å². The van der Waals surface area contributed by atoms with Gasteiger partial charge < -0.3 is 0 Å². The van der Waals surface area contributed by atoms with E-state index in [1.807, 2.05) is 6.08 Å². The fourth-order valence-corrected chi connectivity index (χ4v) is 4.37. The van der Waals surface area contributed by atoms with Gasteiger partial charge in [0.15, 0.2) is 0 Å². The Morgan fingerprint density at radius 2 is 1.82 bits per heavy atom. The molecule has 0 bridgehead atoms. The monoisotopic (exact) mass is 228 g/mol. The molecule has 1 heteroatoms. The number of carbonyl (C=O) groups excluding carboxylic acids is 1. The van der Waals surface area contributed by atoms with Crippen LogP contribution in [0.25, 0.3) is 0 Å². The van der Waals surface area contributed by atoms with Gasteiger partial charge in [-0.1, -0.05) is 24.3 Å². The molecule has 1 spiro atoms. The number of hydrogen-bond acceptors (Lipinski definition) is 1. The Balaban J connectivity index is 1.94. The average Bonchev–Trinajstić information content (AvgIpc) is 2.99. The summed E-state index contributed by atoms with van der Waals surface area (Å²) in [5.74, 6) is 2.18. The van der Waals surface area contributed by atoms with Gasteiger partial charge in [-0.05, 0) is 43.4 Å². The number of Topliss-reactive ketones (excluding diaryl/α,β-unsaturated/α-hetero) is 1. The lowest BCUT2D eigenvalue weighted by molar-refractivity contribution is -0.129. The lowest BCUT2D eigenvalue weighted by atomic mass is 9.78. The summed E-state index contributed by atoms with van der Waals surface area (Å²) >= 11 is 0. The highest BCUT2D eigenvalue weighted by Gasteiger charge is 2.58. The fourth-order valence-electron chi connectivity index (χ4n) is 4.37. The van der Waals surface area contributed by atoms with E-state index in [9.17, 15) is 4.79 Å². The highest BCUT2D eigenvalue weighted by Crippen LogP contribution is 2.59. The molecule has 0 N–H and O–H groups in total. The molecule has 90 valence electrons. The number of allylic oxidation sites excluding steroid dienone is 4. The van der Waals surface area contributed by atoms with Crippen molar-refractivity contribution in [1.29, 1.82) is 0 Å². The third-order valence-corrected chi connectivity index (χ3v) is 5.26. The molecule has 0 aromatic heterocycles. The lowest BCUT2D eigenvalue weighted by Gasteiger charge is -2.24. The second kappa shape index (κ2) is 3.69. The Bertz CT molecular complexity index is 396. The van der Waals surface area contributed by atoms with Crippen molar-refractivity contribution in [1.82, 2.24) is 0 Å². The van der Waals surface area contributed by atoms with Crippen molar-refractivity contribution in [3.05, 3.63) is 37.5 Å². The molecule has 4 atom stereocenters. The molecule has 2 saturated carbocycles. The molecule has 0 aromatic carbocycles. The molecule has 2 fully saturated rings. The van der Waals surface area contributed by atoms with Crippen molar-refractivity contribution in [2.75, 3.05) is 0 Å². The molecule has 0 saturated heterocycles. The number of fused-ring (bicyclic) bond motifs is 1. The standard InChI is InChI=1S/C16H20O/c1-3-11-9-12(4-2)14-13(11)10-16(15(14)17)7-5-6-8-16/h3-6,11-14H,1-2,7-10H2/t11-,12+,13+,14-/m1/s1. The summed E-state index contributed by atoms with van der Waals surface area (Å²) in [5.41, 5.74) is -0.0434. The van der Waals surface area contributed by atoms with Crippen molar-refractivity contribution in [2.24, 2.45) is 29.1 Å². The highest BCUT2D eigenvalue weighted by molar-refractivity contribution is 5.91. The minimum absolute atomic E-state index is 0.0434. The predicted molar refractivity (Wildman–Crippen MR) is 69.4 cm³/mol. The van der Waals surface area contributed by atoms with Gasteiger partial charge in [0, 0.05) is 11.3 Å². The van der Waals surface area contributed by atoms with Crippen LogP contribution in [0, 0.1) is 29.1 Å². The van der Waals surface area contributed by atoms with Crippen LogP contribution in [0.3, 0.4) is 0 Å². The predicted octanol–water partition coefficient (Wildman–Crippen LogP) is 3.54. The normalized spacial score (nSPS) is 42.0. The molecule has 0 heterocycles. The number of rotatable bonds is 2. The minimum atomic E-state index is -0.0434. The first kappa shape index (κ1) is 11.0. The van der Waals surface area contributed by atoms with Crippen LogP contribution < -0.4 is 0 Å². The van der Waals surface area contributed by atoms with Gasteiger partial charge in [-0.3, -0.25) is 4.79 Å². The van der Waals surface area contributed by atoms with Crippen LogP contribution in [-0.2, 0) is 4.79 Å². The fraction of sp³-hybridized carbons (Fsp3) is 0.562. The number of ketones is 1. The van der Waals surface area contributed by atoms with Crippen molar-refractivity contribution in [3.8, 4) is 0 Å². The largest absolute Gasteiger partial charge is 0.299 e. The van der Waals surface area contributed by atoms with Crippen molar-refractivity contribution < 1.29 is 4.79 Å². The molecule has 3 aliphatic rings. The maximum Gasteiger partial charge on any atom is 0.143 e. The lowest BCUT2D eigenvalue weighted by Crippen LogP contribution is -2.28. The molecular formula is C16H20O. The van der Waals surface area contributed by atoms with Crippen LogP contribution in [0.15, 0.2) is 37.5 Å². The first-order chi connectivity index (χ1) is 8.22. The molecule has 3 rings (SSSR count). The van der Waals surface area contributed by atoms with E-state index >= 15 is 0 Å². The summed E-state index contributed by atoms with van der Waals surface area (Å²) in [5, 5.41) is 0. The highest BCUT2D eigenvalue weighted by atomic mass is 16.1. The summed E-state index contributed by atoms with van der Waals surface area (Å²) in [7, 11) is 0. The second-order valence-electron chi connectivity index (χ2n) is 5.95. The van der Waals surface area contributed by atoms with Crippen LogP contribution in [0.5, 0.6) is 0 Å². The number of hydrogen-bond donors (Lipinski definition) is 0. The van der Waals surface area contributed by atoms with Gasteiger partial charge in [-0.25, -0.2) is 0 Å². The molecule has 0 radical (unpaired) electrons. The summed E-state index contributed by atoms with van der Waals surface area (Å²) in [6.07, 6.45) is 12.5. The van der Waals surface area contributed by atoms with Gasteiger partial charge in [0.05, 0.1) is 0 Å². The van der Waals surface area contributed by atoms with E-state index in [2.05, 4.69) is 31.4 Å². The minimum Gasteiger partial charge on any atom is -0.299 e. The molecule has 0 amide bonds. The van der Waals surface area contributed by atoms with E-state index in [-0.39, 0.29) is 11.3 Å². The van der Waals surface area contributed by atoms with E-state index in [4.69, 9.17) is 0 Å². The molecule has 0 unspecified atom stereocenters. The van der Waals surface area contributed by atoms with Crippen molar-refractivity contribution in [3.63, 3.8) is 0 Å². The summed E-state index contributed by atoms with van der Waals surface area (Å²) < 4.78 is 0. The molecule has 0 aliphatic heterocycles. The smallest absolute Gasteiger partial charge is 0.143 e. The van der Waals surface area contributed by atoms with Gasteiger partial charge in [0.1, 0.15) is 5.78 Å². The zero-order chi connectivity index (χ0) is 12.0. The van der Waals surface area contributed by atoms with Crippen LogP contribution >= 0.6 is 0 Å². The van der Waals surface area contributed by atoms with E-state index in [1.54, 1.807) is 0 Å². The summed E-state index contributed by atoms with van der Waals surface area (Å²) in [6, 6.07) is 0. The van der Waals surface area contributed by atoms with Crippen LogP contribution in [0.2, 0.25) is 0 Å². The second-order valence-corrected chi connectivity index (χ2v) is 5.95. The Hall–Kier alpha value is -1.11. The first-order valence-corrected chi connectivity index (χ1v) is 6.66. The van der Waals surface area contributed by atoms with E-state index in [0.717, 1.165) is 25.7 Å². The zero-order valence-electron chi connectivity index (χ0n) is 10.3.